The molecule has 0 amide bonds. The van der Waals surface area contributed by atoms with Crippen molar-refractivity contribution in [2.75, 3.05) is 4.72 Å². The molecule has 0 spiro atoms. The number of aromatic nitrogens is 2. The summed E-state index contributed by atoms with van der Waals surface area (Å²) in [6, 6.07) is 16.7. The number of anilines is 1. The van der Waals surface area contributed by atoms with E-state index in [2.05, 4.69) is 9.71 Å². The van der Waals surface area contributed by atoms with Crippen LogP contribution in [-0.2, 0) is 17.1 Å². The molecule has 0 aliphatic carbocycles. The Kier molecular flexibility index (Phi) is 5.06. The number of nitrogens with one attached hydrogen (secondary N) is 1. The lowest BCUT2D eigenvalue weighted by Crippen LogP contribution is -2.13. The highest BCUT2D eigenvalue weighted by molar-refractivity contribution is 7.93. The predicted molar refractivity (Wildman–Crippen MR) is 128 cm³/mol. The number of sulfonamides is 1. The van der Waals surface area contributed by atoms with Crippen molar-refractivity contribution in [1.82, 2.24) is 9.55 Å². The average Bonchev–Trinajstić information content (AvgIpc) is 3.20. The first-order chi connectivity index (χ1) is 16.3. The van der Waals surface area contributed by atoms with E-state index in [1.807, 2.05) is 17.7 Å². The smallest absolute Gasteiger partial charge is 0.335 e. The summed E-state index contributed by atoms with van der Waals surface area (Å²) < 4.78 is 45.8. The van der Waals surface area contributed by atoms with Gasteiger partial charge in [0.05, 0.1) is 21.7 Å². The number of benzene rings is 3. The fourth-order valence-electron chi connectivity index (χ4n) is 4.05. The number of hydrogen-bond donors (Lipinski definition) is 2. The molecule has 2 N–H and O–H groups in total. The number of pyridine rings is 1. The lowest BCUT2D eigenvalue weighted by Gasteiger charge is -2.14. The lowest BCUT2D eigenvalue weighted by atomic mass is 9.98. The van der Waals surface area contributed by atoms with E-state index in [-0.39, 0.29) is 21.7 Å². The first-order valence-electron chi connectivity index (χ1n) is 10.2. The van der Waals surface area contributed by atoms with Crippen molar-refractivity contribution in [3.63, 3.8) is 0 Å². The Labute approximate surface area is 194 Å². The van der Waals surface area contributed by atoms with Gasteiger partial charge in [-0.3, -0.25) is 9.71 Å². The maximum Gasteiger partial charge on any atom is 0.335 e. The molecule has 0 saturated carbocycles. The summed E-state index contributed by atoms with van der Waals surface area (Å²) in [4.78, 5) is 15.9. The van der Waals surface area contributed by atoms with Gasteiger partial charge in [-0.05, 0) is 60.7 Å². The van der Waals surface area contributed by atoms with Gasteiger partial charge in [0, 0.05) is 46.9 Å². The zero-order chi connectivity index (χ0) is 24.0. The van der Waals surface area contributed by atoms with E-state index in [1.54, 1.807) is 30.5 Å². The SMILES string of the molecule is Cn1ccc2c(S(=O)(=O)Nc3ccc(-c4cc(C(=O)O)ccc4F)c4ncccc34)cccc21. The van der Waals surface area contributed by atoms with Crippen molar-refractivity contribution >= 4 is 43.5 Å². The number of hydrogen-bond acceptors (Lipinski definition) is 4. The van der Waals surface area contributed by atoms with Crippen LogP contribution < -0.4 is 4.72 Å². The van der Waals surface area contributed by atoms with Crippen LogP contribution in [0.15, 0.2) is 84.0 Å². The molecule has 5 rings (SSSR count). The van der Waals surface area contributed by atoms with Gasteiger partial charge in [0.2, 0.25) is 0 Å². The molecule has 0 unspecified atom stereocenters. The van der Waals surface area contributed by atoms with Crippen molar-refractivity contribution in [1.29, 1.82) is 0 Å². The van der Waals surface area contributed by atoms with Gasteiger partial charge >= 0.3 is 5.97 Å². The first kappa shape index (κ1) is 21.6. The topological polar surface area (TPSA) is 101 Å². The van der Waals surface area contributed by atoms with Gasteiger partial charge in [-0.25, -0.2) is 17.6 Å². The second-order valence-corrected chi connectivity index (χ2v) is 9.43. The molecular weight excluding hydrogens is 457 g/mol. The summed E-state index contributed by atoms with van der Waals surface area (Å²) in [5.74, 6) is -1.79. The zero-order valence-electron chi connectivity index (χ0n) is 17.9. The standard InChI is InChI=1S/C25H18FN3O4S/c1-29-13-11-18-22(29)5-2-6-23(18)34(32,33)28-21-10-8-16(24-17(21)4-3-12-27-24)19-14-15(25(30)31)7-9-20(19)26/h2-14,28H,1H3,(H,30,31). The van der Waals surface area contributed by atoms with Crippen molar-refractivity contribution in [2.45, 2.75) is 4.90 Å². The van der Waals surface area contributed by atoms with Gasteiger partial charge in [0.15, 0.2) is 0 Å². The summed E-state index contributed by atoms with van der Waals surface area (Å²) in [6.45, 7) is 0. The van der Waals surface area contributed by atoms with Crippen LogP contribution in [0.5, 0.6) is 0 Å². The molecule has 5 aromatic rings. The van der Waals surface area contributed by atoms with Crippen LogP contribution in [0, 0.1) is 5.82 Å². The summed E-state index contributed by atoms with van der Waals surface area (Å²) >= 11 is 0. The monoisotopic (exact) mass is 475 g/mol. The van der Waals surface area contributed by atoms with Crippen molar-refractivity contribution in [3.8, 4) is 11.1 Å². The van der Waals surface area contributed by atoms with Crippen LogP contribution in [0.1, 0.15) is 10.4 Å². The molecule has 0 aliphatic rings. The molecule has 9 heteroatoms. The number of carboxylic acid groups (broad SMARTS) is 1. The minimum atomic E-state index is -3.96. The third kappa shape index (κ3) is 3.56. The summed E-state index contributed by atoms with van der Waals surface area (Å²) in [5, 5.41) is 10.3. The van der Waals surface area contributed by atoms with Gasteiger partial charge < -0.3 is 9.67 Å². The van der Waals surface area contributed by atoms with E-state index in [9.17, 15) is 22.7 Å². The number of fused-ring (bicyclic) bond motifs is 2. The van der Waals surface area contributed by atoms with Gasteiger partial charge in [0.25, 0.3) is 10.0 Å². The average molecular weight is 476 g/mol. The number of nitrogens with zero attached hydrogens (tertiary/aromatic N) is 2. The Morgan fingerprint density at radius 2 is 1.82 bits per heavy atom. The lowest BCUT2D eigenvalue weighted by molar-refractivity contribution is 0.0697. The maximum atomic E-state index is 14.7. The fraction of sp³-hybridized carbons (Fsp3) is 0.0400. The maximum absolute atomic E-state index is 14.7. The molecule has 0 fully saturated rings. The molecule has 2 heterocycles. The molecular formula is C25H18FN3O4S. The van der Waals surface area contributed by atoms with Gasteiger partial charge in [-0.1, -0.05) is 6.07 Å². The molecule has 0 atom stereocenters. The minimum Gasteiger partial charge on any atom is -0.478 e. The van der Waals surface area contributed by atoms with E-state index in [0.29, 0.717) is 21.9 Å². The Balaban J connectivity index is 1.65. The molecule has 3 aromatic carbocycles. The highest BCUT2D eigenvalue weighted by atomic mass is 32.2. The summed E-state index contributed by atoms with van der Waals surface area (Å²) in [5.41, 5.74) is 1.73. The number of rotatable bonds is 5. The second kappa shape index (κ2) is 7.96. The number of aromatic carboxylic acids is 1. The molecule has 2 aromatic heterocycles. The van der Waals surface area contributed by atoms with E-state index < -0.39 is 21.8 Å². The van der Waals surface area contributed by atoms with Crippen LogP contribution in [0.4, 0.5) is 10.1 Å². The largest absolute Gasteiger partial charge is 0.478 e. The van der Waals surface area contributed by atoms with Gasteiger partial charge in [-0.2, -0.15) is 0 Å². The summed E-state index contributed by atoms with van der Waals surface area (Å²) in [7, 11) is -2.13. The number of carboxylic acids is 1. The molecule has 34 heavy (non-hydrogen) atoms. The van der Waals surface area contributed by atoms with Crippen molar-refractivity contribution in [2.24, 2.45) is 7.05 Å². The minimum absolute atomic E-state index is 0.0621. The molecule has 7 nitrogen and oxygen atoms in total. The van der Waals surface area contributed by atoms with Crippen LogP contribution in [0.25, 0.3) is 32.9 Å². The Bertz CT molecular complexity index is 1710. The van der Waals surface area contributed by atoms with E-state index in [4.69, 9.17) is 0 Å². The second-order valence-electron chi connectivity index (χ2n) is 7.78. The van der Waals surface area contributed by atoms with Crippen molar-refractivity contribution < 1.29 is 22.7 Å². The van der Waals surface area contributed by atoms with Gasteiger partial charge in [-0.15, -0.1) is 0 Å². The van der Waals surface area contributed by atoms with Crippen LogP contribution >= 0.6 is 0 Å². The van der Waals surface area contributed by atoms with E-state index in [1.165, 1.54) is 36.5 Å². The summed E-state index contributed by atoms with van der Waals surface area (Å²) in [6.07, 6.45) is 3.30. The highest BCUT2D eigenvalue weighted by Crippen LogP contribution is 2.35. The quantitative estimate of drug-likeness (QED) is 0.371. The molecule has 170 valence electrons. The van der Waals surface area contributed by atoms with E-state index in [0.717, 1.165) is 11.6 Å². The predicted octanol–water partition coefficient (Wildman–Crippen LogP) is 5.03. The number of carbonyl (C=O) groups is 1. The van der Waals surface area contributed by atoms with Crippen LogP contribution in [-0.4, -0.2) is 29.0 Å². The molecule has 0 aliphatic heterocycles. The molecule has 0 bridgehead atoms. The Morgan fingerprint density at radius 1 is 1.00 bits per heavy atom. The first-order valence-corrected chi connectivity index (χ1v) is 11.7. The zero-order valence-corrected chi connectivity index (χ0v) is 18.7. The normalized spacial score (nSPS) is 11.7. The highest BCUT2D eigenvalue weighted by Gasteiger charge is 2.21. The van der Waals surface area contributed by atoms with Crippen LogP contribution in [0.2, 0.25) is 0 Å². The number of halogens is 1. The molecule has 0 saturated heterocycles. The third-order valence-electron chi connectivity index (χ3n) is 5.69. The van der Waals surface area contributed by atoms with Crippen LogP contribution in [0.3, 0.4) is 0 Å². The van der Waals surface area contributed by atoms with E-state index >= 15 is 0 Å². The molecule has 0 radical (unpaired) electrons. The third-order valence-corrected chi connectivity index (χ3v) is 7.12. The van der Waals surface area contributed by atoms with Crippen molar-refractivity contribution in [3.05, 3.63) is 90.5 Å². The number of aryl methyl sites for hydroxylation is 1. The van der Waals surface area contributed by atoms with Gasteiger partial charge in [0.1, 0.15) is 5.82 Å². The Hall–Kier alpha value is -4.24. The fourth-order valence-corrected chi connectivity index (χ4v) is 5.35. The Morgan fingerprint density at radius 3 is 2.62 bits per heavy atom.